The molecule has 1 fully saturated rings. The number of nitrogens with zero attached hydrogens (tertiary/aromatic N) is 1. The van der Waals surface area contributed by atoms with Gasteiger partial charge in [0.05, 0.1) is 0 Å². The van der Waals surface area contributed by atoms with Crippen molar-refractivity contribution in [2.75, 3.05) is 17.6 Å². The van der Waals surface area contributed by atoms with Gasteiger partial charge < -0.3 is 10.2 Å². The highest BCUT2D eigenvalue weighted by molar-refractivity contribution is 9.10. The van der Waals surface area contributed by atoms with E-state index in [2.05, 4.69) is 50.4 Å². The Morgan fingerprint density at radius 2 is 2.05 bits per heavy atom. The van der Waals surface area contributed by atoms with E-state index in [1.807, 2.05) is 36.0 Å². The van der Waals surface area contributed by atoms with Gasteiger partial charge in [0.25, 0.3) is 0 Å². The second-order valence-corrected chi connectivity index (χ2v) is 7.84. The summed E-state index contributed by atoms with van der Waals surface area (Å²) < 4.78 is 1.09. The Labute approximate surface area is 153 Å². The van der Waals surface area contributed by atoms with Crippen LogP contribution in [-0.4, -0.2) is 22.3 Å². The largest absolute Gasteiger partial charge is 0.333 e. The molecule has 0 aromatic heterocycles. The van der Waals surface area contributed by atoms with Crippen LogP contribution in [0.25, 0.3) is 0 Å². The van der Waals surface area contributed by atoms with Crippen LogP contribution >= 0.6 is 51.5 Å². The number of thiocarbonyl (C=S) groups is 1. The van der Waals surface area contributed by atoms with E-state index in [0.29, 0.717) is 5.02 Å². The first-order valence-electron chi connectivity index (χ1n) is 6.84. The number of thioether (sulfide) groups is 1. The van der Waals surface area contributed by atoms with Crippen molar-refractivity contribution in [3.05, 3.63) is 63.6 Å². The first kappa shape index (κ1) is 16.1. The van der Waals surface area contributed by atoms with Gasteiger partial charge in [-0.15, -0.1) is 11.8 Å². The van der Waals surface area contributed by atoms with Crippen molar-refractivity contribution in [3.8, 4) is 0 Å². The zero-order chi connectivity index (χ0) is 15.5. The highest BCUT2D eigenvalue weighted by atomic mass is 79.9. The molecule has 0 spiro atoms. The number of anilines is 1. The summed E-state index contributed by atoms with van der Waals surface area (Å²) in [6.45, 7) is 0.942. The maximum atomic E-state index is 6.02. The lowest BCUT2D eigenvalue weighted by Gasteiger charge is -2.27. The number of rotatable bonds is 2. The van der Waals surface area contributed by atoms with Gasteiger partial charge in [-0.25, -0.2) is 0 Å². The molecule has 22 heavy (non-hydrogen) atoms. The fourth-order valence-electron chi connectivity index (χ4n) is 2.34. The van der Waals surface area contributed by atoms with Crippen LogP contribution in [0.5, 0.6) is 0 Å². The third-order valence-corrected chi connectivity index (χ3v) is 5.74. The molecule has 3 rings (SSSR count). The van der Waals surface area contributed by atoms with Gasteiger partial charge in [-0.05, 0) is 48.1 Å². The van der Waals surface area contributed by atoms with Crippen LogP contribution in [0, 0.1) is 0 Å². The molecule has 0 saturated carbocycles. The molecule has 0 bridgehead atoms. The fourth-order valence-corrected chi connectivity index (χ4v) is 4.44. The summed E-state index contributed by atoms with van der Waals surface area (Å²) in [5.41, 5.74) is 2.19. The lowest BCUT2D eigenvalue weighted by molar-refractivity contribution is 0.457. The van der Waals surface area contributed by atoms with E-state index in [0.717, 1.165) is 27.6 Å². The van der Waals surface area contributed by atoms with Crippen molar-refractivity contribution in [2.45, 2.75) is 5.37 Å². The third kappa shape index (κ3) is 3.77. The summed E-state index contributed by atoms with van der Waals surface area (Å²) >= 11 is 17.0. The molecule has 1 aliphatic heterocycles. The van der Waals surface area contributed by atoms with Gasteiger partial charge in [0.1, 0.15) is 5.37 Å². The van der Waals surface area contributed by atoms with E-state index in [4.69, 9.17) is 23.8 Å². The Bertz CT molecular complexity index is 678. The van der Waals surface area contributed by atoms with Crippen LogP contribution < -0.4 is 5.32 Å². The van der Waals surface area contributed by atoms with Crippen LogP contribution in [0.1, 0.15) is 10.9 Å². The van der Waals surface area contributed by atoms with Crippen molar-refractivity contribution in [2.24, 2.45) is 0 Å². The fraction of sp³-hybridized carbons (Fsp3) is 0.188. The summed E-state index contributed by atoms with van der Waals surface area (Å²) in [7, 11) is 0. The molecular formula is C16H14BrClN2S2. The van der Waals surface area contributed by atoms with Gasteiger partial charge in [0, 0.05) is 27.5 Å². The Morgan fingerprint density at radius 3 is 2.77 bits per heavy atom. The number of hydrogen-bond acceptors (Lipinski definition) is 2. The minimum atomic E-state index is 0.257. The van der Waals surface area contributed by atoms with Crippen molar-refractivity contribution in [1.29, 1.82) is 0 Å². The van der Waals surface area contributed by atoms with Gasteiger partial charge in [-0.1, -0.05) is 45.7 Å². The van der Waals surface area contributed by atoms with E-state index in [9.17, 15) is 0 Å². The monoisotopic (exact) mass is 412 g/mol. The average molecular weight is 414 g/mol. The lowest BCUT2D eigenvalue weighted by atomic mass is 10.2. The molecule has 2 nitrogen and oxygen atoms in total. The highest BCUT2D eigenvalue weighted by Crippen LogP contribution is 2.38. The average Bonchev–Trinajstić information content (AvgIpc) is 2.97. The third-order valence-electron chi connectivity index (χ3n) is 3.38. The minimum absolute atomic E-state index is 0.257. The molecule has 114 valence electrons. The molecule has 1 atom stereocenters. The van der Waals surface area contributed by atoms with Crippen LogP contribution in [0.3, 0.4) is 0 Å². The van der Waals surface area contributed by atoms with Crippen LogP contribution in [0.15, 0.2) is 53.0 Å². The standard InChI is InChI=1S/C16H14BrClN2S2/c17-12-6-4-11(5-7-12)15-20(8-9-22-15)16(21)19-14-3-1-2-13(18)10-14/h1-7,10,15H,8-9H2,(H,19,21). The lowest BCUT2D eigenvalue weighted by Crippen LogP contribution is -2.34. The maximum absolute atomic E-state index is 6.02. The number of nitrogens with one attached hydrogen (secondary N) is 1. The molecule has 2 aromatic rings. The quantitative estimate of drug-likeness (QED) is 0.649. The smallest absolute Gasteiger partial charge is 0.174 e. The molecule has 1 N–H and O–H groups in total. The normalized spacial score (nSPS) is 17.5. The van der Waals surface area contributed by atoms with E-state index in [1.54, 1.807) is 0 Å². The number of benzene rings is 2. The molecular weight excluding hydrogens is 400 g/mol. The van der Waals surface area contributed by atoms with Gasteiger partial charge in [0.2, 0.25) is 0 Å². The second-order valence-electron chi connectivity index (χ2n) is 4.91. The Kier molecular flexibility index (Phi) is 5.29. The molecule has 1 aliphatic rings. The number of halogens is 2. The SMILES string of the molecule is S=C(Nc1cccc(Cl)c1)N1CCSC1c1ccc(Br)cc1. The number of hydrogen-bond donors (Lipinski definition) is 1. The van der Waals surface area contributed by atoms with Crippen molar-refractivity contribution in [3.63, 3.8) is 0 Å². The van der Waals surface area contributed by atoms with E-state index < -0.39 is 0 Å². The van der Waals surface area contributed by atoms with E-state index >= 15 is 0 Å². The Hall–Kier alpha value is -0.750. The molecule has 6 heteroatoms. The molecule has 1 heterocycles. The maximum Gasteiger partial charge on any atom is 0.174 e. The molecule has 1 saturated heterocycles. The first-order chi connectivity index (χ1) is 10.6. The molecule has 0 aliphatic carbocycles. The van der Waals surface area contributed by atoms with Crippen LogP contribution in [0.4, 0.5) is 5.69 Å². The predicted molar refractivity (Wildman–Crippen MR) is 104 cm³/mol. The van der Waals surface area contributed by atoms with Crippen molar-refractivity contribution < 1.29 is 0 Å². The summed E-state index contributed by atoms with van der Waals surface area (Å²) in [6, 6.07) is 16.0. The van der Waals surface area contributed by atoms with Crippen LogP contribution in [0.2, 0.25) is 5.02 Å². The highest BCUT2D eigenvalue weighted by Gasteiger charge is 2.28. The van der Waals surface area contributed by atoms with Gasteiger partial charge in [0.15, 0.2) is 5.11 Å². The van der Waals surface area contributed by atoms with E-state index in [1.165, 1.54) is 5.56 Å². The summed E-state index contributed by atoms with van der Waals surface area (Å²) in [5.74, 6) is 1.07. The summed E-state index contributed by atoms with van der Waals surface area (Å²) in [6.07, 6.45) is 0. The summed E-state index contributed by atoms with van der Waals surface area (Å²) in [4.78, 5) is 2.23. The topological polar surface area (TPSA) is 15.3 Å². The van der Waals surface area contributed by atoms with E-state index in [-0.39, 0.29) is 5.37 Å². The Balaban J connectivity index is 1.75. The predicted octanol–water partition coefficient (Wildman–Crippen LogP) is 5.55. The molecule has 0 amide bonds. The molecule has 0 radical (unpaired) electrons. The van der Waals surface area contributed by atoms with Crippen molar-refractivity contribution >= 4 is 62.3 Å². The molecule has 2 aromatic carbocycles. The van der Waals surface area contributed by atoms with Crippen LogP contribution in [-0.2, 0) is 0 Å². The molecule has 1 unspecified atom stereocenters. The van der Waals surface area contributed by atoms with Gasteiger partial charge in [-0.2, -0.15) is 0 Å². The first-order valence-corrected chi connectivity index (χ1v) is 9.46. The van der Waals surface area contributed by atoms with Gasteiger partial charge in [-0.3, -0.25) is 0 Å². The zero-order valence-electron chi connectivity index (χ0n) is 11.6. The summed E-state index contributed by atoms with van der Waals surface area (Å²) in [5, 5.41) is 4.98. The second kappa shape index (κ2) is 7.21. The van der Waals surface area contributed by atoms with Crippen molar-refractivity contribution in [1.82, 2.24) is 4.90 Å². The Morgan fingerprint density at radius 1 is 1.27 bits per heavy atom. The minimum Gasteiger partial charge on any atom is -0.333 e. The van der Waals surface area contributed by atoms with Gasteiger partial charge >= 0.3 is 0 Å². The zero-order valence-corrected chi connectivity index (χ0v) is 15.6.